The lowest BCUT2D eigenvalue weighted by molar-refractivity contribution is 1.14. The molecule has 0 fully saturated rings. The van der Waals surface area contributed by atoms with Gasteiger partial charge < -0.3 is 5.32 Å². The van der Waals surface area contributed by atoms with Gasteiger partial charge in [0, 0.05) is 29.3 Å². The third-order valence-electron chi connectivity index (χ3n) is 3.21. The van der Waals surface area contributed by atoms with Crippen LogP contribution in [0.2, 0.25) is 15.1 Å². The second-order valence-corrected chi connectivity index (χ2v) is 5.87. The minimum atomic E-state index is 0.501. The Morgan fingerprint density at radius 1 is 0.952 bits per heavy atom. The van der Waals surface area contributed by atoms with Crippen molar-refractivity contribution in [2.45, 2.75) is 6.54 Å². The van der Waals surface area contributed by atoms with Crippen molar-refractivity contribution in [1.82, 2.24) is 4.98 Å². The molecular formula is C16H11Cl3N2. The van der Waals surface area contributed by atoms with Crippen LogP contribution in [0.3, 0.4) is 0 Å². The fourth-order valence-electron chi connectivity index (χ4n) is 2.21. The summed E-state index contributed by atoms with van der Waals surface area (Å²) in [6.45, 7) is 0.579. The van der Waals surface area contributed by atoms with Gasteiger partial charge in [-0.15, -0.1) is 0 Å². The maximum atomic E-state index is 6.17. The van der Waals surface area contributed by atoms with Gasteiger partial charge in [-0.1, -0.05) is 59.1 Å². The van der Waals surface area contributed by atoms with Gasteiger partial charge >= 0.3 is 0 Å². The van der Waals surface area contributed by atoms with Gasteiger partial charge in [-0.3, -0.25) is 4.98 Å². The molecule has 0 aliphatic heterocycles. The van der Waals surface area contributed by atoms with Crippen molar-refractivity contribution in [3.8, 4) is 0 Å². The van der Waals surface area contributed by atoms with Crippen molar-refractivity contribution >= 4 is 51.3 Å². The molecule has 0 aliphatic rings. The minimum Gasteiger partial charge on any atom is -0.378 e. The topological polar surface area (TPSA) is 24.9 Å². The van der Waals surface area contributed by atoms with Gasteiger partial charge in [-0.25, -0.2) is 0 Å². The van der Waals surface area contributed by atoms with Crippen LogP contribution in [0.4, 0.5) is 5.69 Å². The summed E-state index contributed by atoms with van der Waals surface area (Å²) in [5, 5.41) is 7.03. The molecule has 0 spiro atoms. The molecule has 106 valence electrons. The van der Waals surface area contributed by atoms with E-state index in [1.54, 1.807) is 12.1 Å². The lowest BCUT2D eigenvalue weighted by atomic mass is 10.1. The van der Waals surface area contributed by atoms with Gasteiger partial charge in [-0.2, -0.15) is 0 Å². The summed E-state index contributed by atoms with van der Waals surface area (Å²) >= 11 is 18.3. The standard InChI is InChI=1S/C16H11Cl3N2/c17-12-5-14(18)16(15(19)6-12)21-9-11-8-20-7-10-3-1-2-4-13(10)11/h1-8,21H,9H2. The SMILES string of the molecule is Clc1cc(Cl)c(NCc2cncc3ccccc23)c(Cl)c1. The third kappa shape index (κ3) is 3.08. The highest BCUT2D eigenvalue weighted by Crippen LogP contribution is 2.34. The molecule has 3 aromatic rings. The van der Waals surface area contributed by atoms with E-state index < -0.39 is 0 Å². The van der Waals surface area contributed by atoms with Crippen molar-refractivity contribution in [2.75, 3.05) is 5.32 Å². The van der Waals surface area contributed by atoms with Crippen LogP contribution in [0.25, 0.3) is 10.8 Å². The van der Waals surface area contributed by atoms with Gasteiger partial charge in [0.25, 0.3) is 0 Å². The second-order valence-electron chi connectivity index (χ2n) is 4.62. The number of hydrogen-bond acceptors (Lipinski definition) is 2. The van der Waals surface area contributed by atoms with Crippen LogP contribution in [-0.2, 0) is 6.54 Å². The molecule has 1 N–H and O–H groups in total. The summed E-state index contributed by atoms with van der Waals surface area (Å²) in [6, 6.07) is 11.4. The fourth-order valence-corrected chi connectivity index (χ4v) is 3.17. The number of anilines is 1. The molecule has 21 heavy (non-hydrogen) atoms. The fraction of sp³-hybridized carbons (Fsp3) is 0.0625. The Balaban J connectivity index is 1.91. The van der Waals surface area contributed by atoms with Crippen molar-refractivity contribution < 1.29 is 0 Å². The maximum Gasteiger partial charge on any atom is 0.0722 e. The molecule has 0 aliphatic carbocycles. The number of pyridine rings is 1. The van der Waals surface area contributed by atoms with E-state index in [1.165, 1.54) is 0 Å². The van der Waals surface area contributed by atoms with Crippen LogP contribution >= 0.6 is 34.8 Å². The van der Waals surface area contributed by atoms with E-state index in [-0.39, 0.29) is 0 Å². The predicted octanol–water partition coefficient (Wildman–Crippen LogP) is 5.81. The van der Waals surface area contributed by atoms with E-state index in [4.69, 9.17) is 34.8 Å². The number of hydrogen-bond donors (Lipinski definition) is 1. The summed E-state index contributed by atoms with van der Waals surface area (Å²) in [6.07, 6.45) is 3.69. The molecule has 5 heteroatoms. The van der Waals surface area contributed by atoms with E-state index in [2.05, 4.69) is 16.4 Å². The molecule has 0 atom stereocenters. The number of fused-ring (bicyclic) bond motifs is 1. The summed E-state index contributed by atoms with van der Waals surface area (Å²) in [5.74, 6) is 0. The van der Waals surface area contributed by atoms with E-state index in [0.717, 1.165) is 16.3 Å². The Morgan fingerprint density at radius 3 is 2.43 bits per heavy atom. The van der Waals surface area contributed by atoms with E-state index in [1.807, 2.05) is 30.6 Å². The van der Waals surface area contributed by atoms with Crippen molar-refractivity contribution in [2.24, 2.45) is 0 Å². The number of aromatic nitrogens is 1. The monoisotopic (exact) mass is 336 g/mol. The van der Waals surface area contributed by atoms with Crippen molar-refractivity contribution in [1.29, 1.82) is 0 Å². The predicted molar refractivity (Wildman–Crippen MR) is 90.5 cm³/mol. The zero-order valence-electron chi connectivity index (χ0n) is 10.9. The first kappa shape index (κ1) is 14.5. The van der Waals surface area contributed by atoms with Crippen LogP contribution in [-0.4, -0.2) is 4.98 Å². The molecule has 0 bridgehead atoms. The lowest BCUT2D eigenvalue weighted by Gasteiger charge is -2.12. The van der Waals surface area contributed by atoms with Gasteiger partial charge in [0.15, 0.2) is 0 Å². The molecule has 1 aromatic heterocycles. The number of benzene rings is 2. The summed E-state index contributed by atoms with van der Waals surface area (Å²) in [5.41, 5.74) is 1.76. The molecule has 0 amide bonds. The smallest absolute Gasteiger partial charge is 0.0722 e. The second kappa shape index (κ2) is 6.10. The quantitative estimate of drug-likeness (QED) is 0.652. The molecular weight excluding hydrogens is 327 g/mol. The largest absolute Gasteiger partial charge is 0.378 e. The normalized spacial score (nSPS) is 10.8. The van der Waals surface area contributed by atoms with Crippen LogP contribution in [0, 0.1) is 0 Å². The Labute approximate surface area is 137 Å². The van der Waals surface area contributed by atoms with Crippen molar-refractivity contribution in [3.63, 3.8) is 0 Å². The highest BCUT2D eigenvalue weighted by Gasteiger charge is 2.08. The highest BCUT2D eigenvalue weighted by molar-refractivity contribution is 6.41. The molecule has 2 nitrogen and oxygen atoms in total. The molecule has 0 saturated carbocycles. The number of halogens is 3. The zero-order valence-corrected chi connectivity index (χ0v) is 13.2. The number of rotatable bonds is 3. The van der Waals surface area contributed by atoms with Gasteiger partial charge in [0.1, 0.15) is 0 Å². The Bertz CT molecular complexity index is 774. The Morgan fingerprint density at radius 2 is 1.67 bits per heavy atom. The average Bonchev–Trinajstić information content (AvgIpc) is 2.46. The summed E-state index contributed by atoms with van der Waals surface area (Å²) in [7, 11) is 0. The van der Waals surface area contributed by atoms with Crippen LogP contribution in [0.15, 0.2) is 48.8 Å². The van der Waals surface area contributed by atoms with E-state index in [9.17, 15) is 0 Å². The first-order valence-electron chi connectivity index (χ1n) is 6.35. The third-order valence-corrected chi connectivity index (χ3v) is 4.03. The van der Waals surface area contributed by atoms with Crippen molar-refractivity contribution in [3.05, 3.63) is 69.4 Å². The summed E-state index contributed by atoms with van der Waals surface area (Å²) < 4.78 is 0. The van der Waals surface area contributed by atoms with Crippen LogP contribution in [0.5, 0.6) is 0 Å². The van der Waals surface area contributed by atoms with Gasteiger partial charge in [0.05, 0.1) is 15.7 Å². The first-order valence-corrected chi connectivity index (χ1v) is 7.48. The molecule has 0 unspecified atom stereocenters. The molecule has 0 saturated heterocycles. The molecule has 0 radical (unpaired) electrons. The molecule has 2 aromatic carbocycles. The molecule has 1 heterocycles. The summed E-state index contributed by atoms with van der Waals surface area (Å²) in [4.78, 5) is 4.26. The highest BCUT2D eigenvalue weighted by atomic mass is 35.5. The Kier molecular flexibility index (Phi) is 4.20. The minimum absolute atomic E-state index is 0.501. The van der Waals surface area contributed by atoms with Crippen LogP contribution in [0.1, 0.15) is 5.56 Å². The lowest BCUT2D eigenvalue weighted by Crippen LogP contribution is -2.02. The van der Waals surface area contributed by atoms with Gasteiger partial charge in [-0.05, 0) is 23.1 Å². The first-order chi connectivity index (χ1) is 10.1. The Hall–Kier alpha value is -1.48. The number of nitrogens with zero attached hydrogens (tertiary/aromatic N) is 1. The zero-order chi connectivity index (χ0) is 14.8. The van der Waals surface area contributed by atoms with E-state index in [0.29, 0.717) is 27.3 Å². The van der Waals surface area contributed by atoms with Crippen LogP contribution < -0.4 is 5.32 Å². The van der Waals surface area contributed by atoms with Gasteiger partial charge in [0.2, 0.25) is 0 Å². The van der Waals surface area contributed by atoms with E-state index >= 15 is 0 Å². The average molecular weight is 338 g/mol. The maximum absolute atomic E-state index is 6.17. The molecule has 3 rings (SSSR count). The number of nitrogens with one attached hydrogen (secondary N) is 1.